The van der Waals surface area contributed by atoms with Crippen LogP contribution in [0.4, 0.5) is 0 Å². The van der Waals surface area contributed by atoms with Gasteiger partial charge in [-0.05, 0) is 79.4 Å². The molecular weight excluding hydrogens is 244 g/mol. The Labute approximate surface area is 123 Å². The van der Waals surface area contributed by atoms with E-state index in [1.54, 1.807) is 12.8 Å². The van der Waals surface area contributed by atoms with Crippen LogP contribution in [0, 0.1) is 34.5 Å². The van der Waals surface area contributed by atoms with Gasteiger partial charge in [0.15, 0.2) is 0 Å². The summed E-state index contributed by atoms with van der Waals surface area (Å²) in [5.41, 5.74) is 1.26. The van der Waals surface area contributed by atoms with Gasteiger partial charge in [0.1, 0.15) is 0 Å². The van der Waals surface area contributed by atoms with E-state index in [4.69, 9.17) is 4.74 Å². The van der Waals surface area contributed by atoms with Crippen molar-refractivity contribution >= 4 is 0 Å². The van der Waals surface area contributed by atoms with Crippen LogP contribution < -0.4 is 0 Å². The van der Waals surface area contributed by atoms with Crippen LogP contribution in [-0.4, -0.2) is 12.2 Å². The molecule has 0 amide bonds. The van der Waals surface area contributed by atoms with E-state index in [9.17, 15) is 0 Å². The van der Waals surface area contributed by atoms with E-state index in [1.165, 1.54) is 44.9 Å². The minimum absolute atomic E-state index is 0.559. The van der Waals surface area contributed by atoms with Crippen LogP contribution in [0.15, 0.2) is 0 Å². The summed E-state index contributed by atoms with van der Waals surface area (Å²) in [7, 11) is 0. The molecule has 0 aromatic heterocycles. The molecule has 4 aliphatic carbocycles. The smallest absolute Gasteiger partial charge is 0.0898 e. The van der Waals surface area contributed by atoms with E-state index in [0.29, 0.717) is 23.0 Å². The van der Waals surface area contributed by atoms with E-state index < -0.39 is 0 Å². The fraction of sp³-hybridized carbons (Fsp3) is 1.00. The number of epoxide rings is 1. The van der Waals surface area contributed by atoms with Gasteiger partial charge in [0.25, 0.3) is 0 Å². The van der Waals surface area contributed by atoms with Crippen LogP contribution in [0.2, 0.25) is 0 Å². The number of ether oxygens (including phenoxy) is 1. The molecular formula is C19H30O. The minimum atomic E-state index is 0.559. The summed E-state index contributed by atoms with van der Waals surface area (Å²) in [6, 6.07) is 0. The molecule has 5 aliphatic rings. The fourth-order valence-corrected chi connectivity index (χ4v) is 7.59. The molecule has 5 rings (SSSR count). The van der Waals surface area contributed by atoms with Crippen LogP contribution in [-0.2, 0) is 4.74 Å². The van der Waals surface area contributed by atoms with Crippen molar-refractivity contribution in [2.75, 3.05) is 0 Å². The highest BCUT2D eigenvalue weighted by Crippen LogP contribution is 2.69. The third-order valence-corrected chi connectivity index (χ3v) is 8.74. The van der Waals surface area contributed by atoms with Crippen LogP contribution in [0.5, 0.6) is 0 Å². The monoisotopic (exact) mass is 274 g/mol. The second kappa shape index (κ2) is 3.83. The van der Waals surface area contributed by atoms with Gasteiger partial charge in [-0.3, -0.25) is 0 Å². The van der Waals surface area contributed by atoms with Crippen molar-refractivity contribution < 1.29 is 4.74 Å². The average molecular weight is 274 g/mol. The van der Waals surface area contributed by atoms with E-state index in [1.807, 2.05) is 0 Å². The number of fused-ring (bicyclic) bond motifs is 7. The van der Waals surface area contributed by atoms with Gasteiger partial charge in [0.05, 0.1) is 12.2 Å². The second-order valence-corrected chi connectivity index (χ2v) is 9.28. The minimum Gasteiger partial charge on any atom is -0.369 e. The molecule has 20 heavy (non-hydrogen) atoms. The molecule has 1 heteroatoms. The molecule has 8 atom stereocenters. The lowest BCUT2D eigenvalue weighted by molar-refractivity contribution is -0.117. The maximum Gasteiger partial charge on any atom is 0.0898 e. The van der Waals surface area contributed by atoms with Gasteiger partial charge in [-0.15, -0.1) is 0 Å². The van der Waals surface area contributed by atoms with Crippen LogP contribution in [0.1, 0.15) is 71.6 Å². The predicted molar refractivity (Wildman–Crippen MR) is 80.4 cm³/mol. The van der Waals surface area contributed by atoms with Gasteiger partial charge >= 0.3 is 0 Å². The molecule has 8 unspecified atom stereocenters. The molecule has 4 saturated carbocycles. The maximum atomic E-state index is 5.94. The van der Waals surface area contributed by atoms with Crippen molar-refractivity contribution in [1.82, 2.24) is 0 Å². The Morgan fingerprint density at radius 1 is 0.850 bits per heavy atom. The third kappa shape index (κ3) is 1.39. The van der Waals surface area contributed by atoms with Crippen LogP contribution in [0.25, 0.3) is 0 Å². The van der Waals surface area contributed by atoms with E-state index in [0.717, 1.165) is 23.7 Å². The summed E-state index contributed by atoms with van der Waals surface area (Å²) in [6.45, 7) is 5.25. The first-order valence-electron chi connectivity index (χ1n) is 9.28. The highest BCUT2D eigenvalue weighted by molar-refractivity contribution is 5.16. The quantitative estimate of drug-likeness (QED) is 0.578. The summed E-state index contributed by atoms with van der Waals surface area (Å²) in [5.74, 6) is 4.17. The highest BCUT2D eigenvalue weighted by Gasteiger charge is 2.67. The Bertz CT molecular complexity index is 431. The lowest BCUT2D eigenvalue weighted by Gasteiger charge is -2.60. The van der Waals surface area contributed by atoms with Gasteiger partial charge in [-0.25, -0.2) is 0 Å². The summed E-state index contributed by atoms with van der Waals surface area (Å²) in [6.07, 6.45) is 14.9. The topological polar surface area (TPSA) is 12.5 Å². The predicted octanol–water partition coefficient (Wildman–Crippen LogP) is 4.80. The molecule has 1 saturated heterocycles. The third-order valence-electron chi connectivity index (χ3n) is 8.74. The number of hydrogen-bond donors (Lipinski definition) is 0. The zero-order chi connectivity index (χ0) is 13.5. The molecule has 0 N–H and O–H groups in total. The van der Waals surface area contributed by atoms with E-state index in [-0.39, 0.29) is 0 Å². The van der Waals surface area contributed by atoms with Crippen molar-refractivity contribution in [3.05, 3.63) is 0 Å². The maximum absolute atomic E-state index is 5.94. The van der Waals surface area contributed by atoms with Gasteiger partial charge in [-0.1, -0.05) is 26.7 Å². The van der Waals surface area contributed by atoms with Crippen molar-refractivity contribution in [2.45, 2.75) is 83.8 Å². The zero-order valence-electron chi connectivity index (χ0n) is 13.2. The molecule has 0 aromatic carbocycles. The molecule has 1 nitrogen and oxygen atoms in total. The summed E-state index contributed by atoms with van der Waals surface area (Å²) < 4.78 is 5.94. The standard InChI is InChI=1S/C19H30O/c1-18-9-4-3-5-12(18)6-7-13-14(18)8-10-19(2)15(13)11-16-17(19)20-16/h12-17H,3-11H2,1-2H3. The first-order chi connectivity index (χ1) is 9.63. The van der Waals surface area contributed by atoms with E-state index in [2.05, 4.69) is 13.8 Å². The SMILES string of the molecule is CC12CCCCC1CCC1C2CCC2(C)C1CC1OC12. The Kier molecular flexibility index (Phi) is 2.39. The lowest BCUT2D eigenvalue weighted by Crippen LogP contribution is -2.53. The molecule has 0 spiro atoms. The van der Waals surface area contributed by atoms with Gasteiger partial charge in [-0.2, -0.15) is 0 Å². The molecule has 112 valence electrons. The summed E-state index contributed by atoms with van der Waals surface area (Å²) in [4.78, 5) is 0. The second-order valence-electron chi connectivity index (χ2n) is 9.28. The lowest BCUT2D eigenvalue weighted by atomic mass is 9.45. The fourth-order valence-electron chi connectivity index (χ4n) is 7.59. The van der Waals surface area contributed by atoms with Crippen molar-refractivity contribution in [1.29, 1.82) is 0 Å². The van der Waals surface area contributed by atoms with Crippen molar-refractivity contribution in [3.63, 3.8) is 0 Å². The molecule has 1 heterocycles. The zero-order valence-corrected chi connectivity index (χ0v) is 13.2. The van der Waals surface area contributed by atoms with Gasteiger partial charge in [0.2, 0.25) is 0 Å². The Balaban J connectivity index is 1.48. The average Bonchev–Trinajstić information content (AvgIpc) is 3.16. The number of hydrogen-bond acceptors (Lipinski definition) is 1. The van der Waals surface area contributed by atoms with Gasteiger partial charge < -0.3 is 4.74 Å². The molecule has 0 aromatic rings. The normalized spacial score (nSPS) is 63.9. The molecule has 5 fully saturated rings. The van der Waals surface area contributed by atoms with Crippen molar-refractivity contribution in [3.8, 4) is 0 Å². The van der Waals surface area contributed by atoms with Crippen LogP contribution >= 0.6 is 0 Å². The molecule has 0 bridgehead atoms. The molecule has 0 radical (unpaired) electrons. The summed E-state index contributed by atoms with van der Waals surface area (Å²) in [5, 5.41) is 0. The first kappa shape index (κ1) is 12.5. The Morgan fingerprint density at radius 2 is 1.75 bits per heavy atom. The van der Waals surface area contributed by atoms with E-state index >= 15 is 0 Å². The largest absolute Gasteiger partial charge is 0.369 e. The van der Waals surface area contributed by atoms with Crippen molar-refractivity contribution in [2.24, 2.45) is 34.5 Å². The summed E-state index contributed by atoms with van der Waals surface area (Å²) >= 11 is 0. The Morgan fingerprint density at radius 3 is 2.65 bits per heavy atom. The van der Waals surface area contributed by atoms with Gasteiger partial charge in [0, 0.05) is 0 Å². The Hall–Kier alpha value is -0.0400. The molecule has 1 aliphatic heterocycles. The highest BCUT2D eigenvalue weighted by atomic mass is 16.6. The van der Waals surface area contributed by atoms with Crippen LogP contribution in [0.3, 0.4) is 0 Å². The number of rotatable bonds is 0. The first-order valence-corrected chi connectivity index (χ1v) is 9.28.